The van der Waals surface area contributed by atoms with Gasteiger partial charge in [-0.05, 0) is 34.6 Å². The number of phenols is 1. The molecule has 0 aliphatic heterocycles. The molecule has 0 spiro atoms. The molecule has 0 fully saturated rings. The average Bonchev–Trinajstić information content (AvgIpc) is 3.05. The summed E-state index contributed by atoms with van der Waals surface area (Å²) in [7, 11) is 0. The lowest BCUT2D eigenvalue weighted by atomic mass is 9.78. The quantitative estimate of drug-likeness (QED) is 0.313. The van der Waals surface area contributed by atoms with E-state index in [4.69, 9.17) is 0 Å². The number of hydrazone groups is 1. The highest BCUT2D eigenvalue weighted by atomic mass is 16.3. The summed E-state index contributed by atoms with van der Waals surface area (Å²) in [4.78, 5) is 7.72. The number of nitrogens with zero attached hydrogens (tertiary/aromatic N) is 4. The Labute approximate surface area is 181 Å². The molecule has 0 aliphatic carbocycles. The summed E-state index contributed by atoms with van der Waals surface area (Å²) in [6.45, 7) is 12.5. The first-order chi connectivity index (χ1) is 14.5. The Morgan fingerprint density at radius 1 is 0.968 bits per heavy atom. The van der Waals surface area contributed by atoms with Crippen LogP contribution in [0.15, 0.2) is 41.5 Å². The third kappa shape index (κ3) is 4.08. The Bertz CT molecular complexity index is 1260. The lowest BCUT2D eigenvalue weighted by molar-refractivity contribution is 0.423. The molecule has 2 aromatic carbocycles. The number of anilines is 1. The van der Waals surface area contributed by atoms with Crippen LogP contribution < -0.4 is 5.43 Å². The predicted octanol–water partition coefficient (Wildman–Crippen LogP) is 5.25. The van der Waals surface area contributed by atoms with Crippen molar-refractivity contribution in [2.45, 2.75) is 52.4 Å². The van der Waals surface area contributed by atoms with Gasteiger partial charge < -0.3 is 10.1 Å². The zero-order valence-corrected chi connectivity index (χ0v) is 18.8. The maximum absolute atomic E-state index is 10.9. The van der Waals surface area contributed by atoms with Crippen LogP contribution in [0.1, 0.15) is 58.2 Å². The van der Waals surface area contributed by atoms with Gasteiger partial charge in [-0.15, -0.1) is 10.2 Å². The second-order valence-electron chi connectivity index (χ2n) is 9.84. The van der Waals surface area contributed by atoms with Gasteiger partial charge in [-0.3, -0.25) is 0 Å². The Kier molecular flexibility index (Phi) is 4.92. The molecule has 0 saturated heterocycles. The number of aromatic amines is 1. The SMILES string of the molecule is CC(C)(C)c1cc(C=NNc2nnc3c(n2)[nH]c2ccccc23)cc(C(C)(C)C)c1O. The maximum Gasteiger partial charge on any atom is 0.265 e. The predicted molar refractivity (Wildman–Crippen MR) is 126 cm³/mol. The smallest absolute Gasteiger partial charge is 0.265 e. The minimum atomic E-state index is -0.199. The molecule has 0 radical (unpaired) electrons. The number of H-pyrrole nitrogens is 1. The van der Waals surface area contributed by atoms with Crippen LogP contribution in [0.4, 0.5) is 5.95 Å². The number of aromatic nitrogens is 4. The van der Waals surface area contributed by atoms with Gasteiger partial charge in [0, 0.05) is 22.0 Å². The van der Waals surface area contributed by atoms with Gasteiger partial charge in [-0.1, -0.05) is 59.7 Å². The first kappa shape index (κ1) is 20.8. The summed E-state index contributed by atoms with van der Waals surface area (Å²) < 4.78 is 0. The van der Waals surface area contributed by atoms with Crippen molar-refractivity contribution in [1.29, 1.82) is 0 Å². The fourth-order valence-electron chi connectivity index (χ4n) is 3.61. The van der Waals surface area contributed by atoms with Crippen LogP contribution in [-0.4, -0.2) is 31.5 Å². The van der Waals surface area contributed by atoms with Crippen LogP contribution >= 0.6 is 0 Å². The lowest BCUT2D eigenvalue weighted by Gasteiger charge is -2.27. The number of para-hydroxylation sites is 1. The van der Waals surface area contributed by atoms with Gasteiger partial charge in [0.15, 0.2) is 5.65 Å². The lowest BCUT2D eigenvalue weighted by Crippen LogP contribution is -2.18. The van der Waals surface area contributed by atoms with E-state index in [1.165, 1.54) is 0 Å². The van der Waals surface area contributed by atoms with Crippen LogP contribution in [0, 0.1) is 0 Å². The normalized spacial score (nSPS) is 12.8. The van der Waals surface area contributed by atoms with E-state index < -0.39 is 0 Å². The van der Waals surface area contributed by atoms with Gasteiger partial charge >= 0.3 is 0 Å². The van der Waals surface area contributed by atoms with Crippen molar-refractivity contribution < 1.29 is 5.11 Å². The minimum Gasteiger partial charge on any atom is -0.507 e. The van der Waals surface area contributed by atoms with Crippen molar-refractivity contribution in [2.75, 3.05) is 5.43 Å². The summed E-state index contributed by atoms with van der Waals surface area (Å²) in [5.41, 5.74) is 7.48. The molecule has 0 saturated carbocycles. The Balaban J connectivity index is 1.64. The summed E-state index contributed by atoms with van der Waals surface area (Å²) in [6.07, 6.45) is 1.71. The second kappa shape index (κ2) is 7.34. The zero-order valence-electron chi connectivity index (χ0n) is 18.8. The molecule has 2 aromatic heterocycles. The van der Waals surface area contributed by atoms with E-state index in [0.29, 0.717) is 17.3 Å². The monoisotopic (exact) mass is 416 g/mol. The highest BCUT2D eigenvalue weighted by molar-refractivity contribution is 6.03. The molecule has 160 valence electrons. The van der Waals surface area contributed by atoms with Crippen LogP contribution in [0.3, 0.4) is 0 Å². The van der Waals surface area contributed by atoms with Crippen LogP contribution in [0.2, 0.25) is 0 Å². The van der Waals surface area contributed by atoms with Crippen LogP contribution in [-0.2, 0) is 10.8 Å². The molecule has 2 heterocycles. The van der Waals surface area contributed by atoms with Crippen molar-refractivity contribution in [3.63, 3.8) is 0 Å². The minimum absolute atomic E-state index is 0.199. The number of aromatic hydroxyl groups is 1. The number of phenolic OH excluding ortho intramolecular Hbond substituents is 1. The van der Waals surface area contributed by atoms with Crippen LogP contribution in [0.5, 0.6) is 5.75 Å². The highest BCUT2D eigenvalue weighted by Crippen LogP contribution is 2.39. The van der Waals surface area contributed by atoms with Gasteiger partial charge in [0.2, 0.25) is 0 Å². The molecular formula is C24H28N6O. The van der Waals surface area contributed by atoms with Crippen molar-refractivity contribution in [3.8, 4) is 5.75 Å². The van der Waals surface area contributed by atoms with E-state index in [0.717, 1.165) is 33.1 Å². The van der Waals surface area contributed by atoms with Crippen molar-refractivity contribution in [3.05, 3.63) is 53.1 Å². The molecule has 7 nitrogen and oxygen atoms in total. The van der Waals surface area contributed by atoms with Crippen molar-refractivity contribution in [2.24, 2.45) is 5.10 Å². The molecule has 0 aliphatic rings. The standard InChI is InChI=1S/C24H28N6O/c1-23(2,3)16-11-14(12-17(20(16)31)24(4,5)6)13-25-29-22-27-21-19(28-30-22)15-9-7-8-10-18(15)26-21/h7-13,31H,1-6H3,(H2,26,27,29,30). The first-order valence-corrected chi connectivity index (χ1v) is 10.3. The largest absolute Gasteiger partial charge is 0.507 e. The molecule has 0 atom stereocenters. The van der Waals surface area contributed by atoms with E-state index in [-0.39, 0.29) is 10.8 Å². The van der Waals surface area contributed by atoms with Crippen molar-refractivity contribution in [1.82, 2.24) is 20.2 Å². The molecule has 0 unspecified atom stereocenters. The number of rotatable bonds is 3. The van der Waals surface area contributed by atoms with E-state index in [1.807, 2.05) is 36.4 Å². The van der Waals surface area contributed by atoms with E-state index >= 15 is 0 Å². The summed E-state index contributed by atoms with van der Waals surface area (Å²) >= 11 is 0. The van der Waals surface area contributed by atoms with Gasteiger partial charge in [-0.2, -0.15) is 10.1 Å². The van der Waals surface area contributed by atoms with E-state index in [9.17, 15) is 5.11 Å². The molecule has 0 bridgehead atoms. The van der Waals surface area contributed by atoms with Gasteiger partial charge in [0.1, 0.15) is 11.3 Å². The highest BCUT2D eigenvalue weighted by Gasteiger charge is 2.26. The number of hydrogen-bond acceptors (Lipinski definition) is 6. The Hall–Kier alpha value is -3.48. The maximum atomic E-state index is 10.9. The second-order valence-corrected chi connectivity index (χ2v) is 9.84. The molecule has 4 rings (SSSR count). The van der Waals surface area contributed by atoms with E-state index in [1.54, 1.807) is 6.21 Å². The molecular weight excluding hydrogens is 388 g/mol. The topological polar surface area (TPSA) is 99.1 Å². The summed E-state index contributed by atoms with van der Waals surface area (Å²) in [6, 6.07) is 11.8. The third-order valence-corrected chi connectivity index (χ3v) is 5.25. The molecule has 0 amide bonds. The zero-order chi connectivity index (χ0) is 22.4. The van der Waals surface area contributed by atoms with Crippen LogP contribution in [0.25, 0.3) is 22.1 Å². The summed E-state index contributed by atoms with van der Waals surface area (Å²) in [5, 5.41) is 24.6. The average molecular weight is 417 g/mol. The first-order valence-electron chi connectivity index (χ1n) is 10.3. The van der Waals surface area contributed by atoms with E-state index in [2.05, 4.69) is 72.2 Å². The summed E-state index contributed by atoms with van der Waals surface area (Å²) in [5.74, 6) is 0.656. The fraction of sp³-hybridized carbons (Fsp3) is 0.333. The van der Waals surface area contributed by atoms with Gasteiger partial charge in [0.05, 0.1) is 6.21 Å². The Morgan fingerprint density at radius 3 is 2.26 bits per heavy atom. The Morgan fingerprint density at radius 2 is 1.61 bits per heavy atom. The number of hydrogen-bond donors (Lipinski definition) is 3. The van der Waals surface area contributed by atoms with Crippen molar-refractivity contribution >= 4 is 34.2 Å². The van der Waals surface area contributed by atoms with Gasteiger partial charge in [0.25, 0.3) is 5.95 Å². The molecule has 31 heavy (non-hydrogen) atoms. The fourth-order valence-corrected chi connectivity index (χ4v) is 3.61. The number of fused-ring (bicyclic) bond motifs is 3. The number of nitrogens with one attached hydrogen (secondary N) is 2. The molecule has 7 heteroatoms. The van der Waals surface area contributed by atoms with Gasteiger partial charge in [-0.25, -0.2) is 5.43 Å². The molecule has 4 aromatic rings. The number of benzene rings is 2. The third-order valence-electron chi connectivity index (χ3n) is 5.25. The molecule has 3 N–H and O–H groups in total.